The van der Waals surface area contributed by atoms with Crippen molar-refractivity contribution in [1.82, 2.24) is 30.1 Å². The molecule has 4 rings (SSSR count). The summed E-state index contributed by atoms with van der Waals surface area (Å²) in [5, 5.41) is 24.7. The molecule has 0 aromatic carbocycles. The van der Waals surface area contributed by atoms with E-state index in [-0.39, 0.29) is 11.3 Å². The highest BCUT2D eigenvalue weighted by Gasteiger charge is 2.23. The number of nitrogens with zero attached hydrogens (tertiary/aromatic N) is 6. The highest BCUT2D eigenvalue weighted by molar-refractivity contribution is 5.74. The topological polar surface area (TPSA) is 139 Å². The van der Waals surface area contributed by atoms with Crippen LogP contribution in [-0.2, 0) is 0 Å². The van der Waals surface area contributed by atoms with Crippen LogP contribution in [0.3, 0.4) is 0 Å². The summed E-state index contributed by atoms with van der Waals surface area (Å²) < 4.78 is 0.455. The van der Waals surface area contributed by atoms with Gasteiger partial charge in [0.15, 0.2) is 11.3 Å². The van der Waals surface area contributed by atoms with Crippen molar-refractivity contribution in [2.45, 2.75) is 37.8 Å². The number of anilines is 1. The van der Waals surface area contributed by atoms with Crippen molar-refractivity contribution >= 4 is 16.9 Å². The Bertz CT molecular complexity index is 972. The normalized spacial score (nSPS) is 20.4. The van der Waals surface area contributed by atoms with Gasteiger partial charge in [0.05, 0.1) is 6.20 Å². The van der Waals surface area contributed by atoms with Crippen LogP contribution in [0.2, 0.25) is 0 Å². The molecule has 0 unspecified atom stereocenters. The summed E-state index contributed by atoms with van der Waals surface area (Å²) >= 11 is 0. The van der Waals surface area contributed by atoms with Gasteiger partial charge in [-0.15, -0.1) is 14.9 Å². The Morgan fingerprint density at radius 3 is 2.73 bits per heavy atom. The van der Waals surface area contributed by atoms with Crippen molar-refractivity contribution in [2.24, 2.45) is 5.73 Å². The number of aromatic nitrogens is 6. The third-order valence-electron chi connectivity index (χ3n) is 4.98. The molecule has 4 N–H and O–H groups in total. The molecule has 0 spiro atoms. The van der Waals surface area contributed by atoms with Crippen LogP contribution in [0.1, 0.15) is 25.7 Å². The maximum atomic E-state index is 12.1. The van der Waals surface area contributed by atoms with Crippen LogP contribution < -0.4 is 16.2 Å². The zero-order chi connectivity index (χ0) is 18.3. The summed E-state index contributed by atoms with van der Waals surface area (Å²) in [4.78, 5) is 18.5. The average Bonchev–Trinajstić information content (AvgIpc) is 3.14. The van der Waals surface area contributed by atoms with Crippen molar-refractivity contribution in [1.29, 1.82) is 0 Å². The lowest BCUT2D eigenvalue weighted by Gasteiger charge is -2.33. The fourth-order valence-corrected chi connectivity index (χ4v) is 3.36. The Balaban J connectivity index is 1.62. The highest BCUT2D eigenvalue weighted by Crippen LogP contribution is 2.25. The molecule has 0 bridgehead atoms. The summed E-state index contributed by atoms with van der Waals surface area (Å²) in [5.41, 5.74) is 6.13. The van der Waals surface area contributed by atoms with Gasteiger partial charge in [-0.3, -0.25) is 9.89 Å². The predicted octanol–water partition coefficient (Wildman–Crippen LogP) is 0.520. The van der Waals surface area contributed by atoms with Crippen molar-refractivity contribution in [3.63, 3.8) is 0 Å². The Hall–Kier alpha value is -3.01. The van der Waals surface area contributed by atoms with E-state index in [4.69, 9.17) is 5.73 Å². The van der Waals surface area contributed by atoms with Crippen molar-refractivity contribution in [3.05, 3.63) is 28.7 Å². The lowest BCUT2D eigenvalue weighted by molar-refractivity contribution is 0.178. The first kappa shape index (κ1) is 16.5. The van der Waals surface area contributed by atoms with Crippen molar-refractivity contribution < 1.29 is 5.21 Å². The quantitative estimate of drug-likeness (QED) is 0.577. The number of nitrogens with one attached hydrogen (secondary N) is 1. The minimum atomic E-state index is -0.635. The number of nitrogens with two attached hydrogens (primary N) is 1. The van der Waals surface area contributed by atoms with Crippen LogP contribution in [-0.4, -0.2) is 54.4 Å². The molecular formula is C16H20N8O2. The lowest BCUT2D eigenvalue weighted by Crippen LogP contribution is -2.39. The molecule has 10 heteroatoms. The minimum absolute atomic E-state index is 0.0224. The molecule has 1 aliphatic carbocycles. The number of hydrogen-bond donors (Lipinski definition) is 3. The molecule has 0 atom stereocenters. The van der Waals surface area contributed by atoms with Gasteiger partial charge in [-0.05, 0) is 37.8 Å². The van der Waals surface area contributed by atoms with E-state index in [1.54, 1.807) is 6.07 Å². The Labute approximate surface area is 148 Å². The molecule has 1 fully saturated rings. The van der Waals surface area contributed by atoms with Gasteiger partial charge < -0.3 is 15.8 Å². The average molecular weight is 356 g/mol. The van der Waals surface area contributed by atoms with Gasteiger partial charge in [0, 0.05) is 19.1 Å². The first-order chi connectivity index (χ1) is 12.5. The van der Waals surface area contributed by atoms with E-state index < -0.39 is 5.56 Å². The van der Waals surface area contributed by atoms with E-state index in [1.807, 2.05) is 13.1 Å². The number of rotatable bonds is 3. The van der Waals surface area contributed by atoms with E-state index in [0.29, 0.717) is 28.0 Å². The van der Waals surface area contributed by atoms with E-state index in [1.165, 1.54) is 6.20 Å². The van der Waals surface area contributed by atoms with E-state index in [2.05, 4.69) is 30.3 Å². The predicted molar refractivity (Wildman–Crippen MR) is 95.0 cm³/mol. The molecule has 10 nitrogen and oxygen atoms in total. The van der Waals surface area contributed by atoms with E-state index in [9.17, 15) is 10.0 Å². The van der Waals surface area contributed by atoms with Crippen molar-refractivity contribution in [3.8, 4) is 11.5 Å². The van der Waals surface area contributed by atoms with Gasteiger partial charge in [-0.1, -0.05) is 0 Å². The molecule has 0 amide bonds. The zero-order valence-electron chi connectivity index (χ0n) is 14.3. The van der Waals surface area contributed by atoms with Gasteiger partial charge in [-0.25, -0.2) is 4.98 Å². The lowest BCUT2D eigenvalue weighted by atomic mass is 9.91. The summed E-state index contributed by atoms with van der Waals surface area (Å²) in [5.74, 6) is 0.750. The molecular weight excluding hydrogens is 336 g/mol. The van der Waals surface area contributed by atoms with Gasteiger partial charge in [0.2, 0.25) is 5.82 Å². The molecule has 0 saturated heterocycles. The maximum absolute atomic E-state index is 12.1. The second-order valence-corrected chi connectivity index (χ2v) is 6.64. The minimum Gasteiger partial charge on any atom is -0.423 e. The zero-order valence-corrected chi connectivity index (χ0v) is 14.3. The van der Waals surface area contributed by atoms with Gasteiger partial charge >= 0.3 is 5.56 Å². The SMILES string of the molecule is CN(c1ccc(-c2nc3cn[nH]c3c(=O)n2O)nn1)C1CCC(N)CC1. The molecule has 26 heavy (non-hydrogen) atoms. The second-order valence-electron chi connectivity index (χ2n) is 6.64. The summed E-state index contributed by atoms with van der Waals surface area (Å²) in [7, 11) is 1.99. The molecule has 3 heterocycles. The first-order valence-corrected chi connectivity index (χ1v) is 8.52. The number of aromatic amines is 1. The van der Waals surface area contributed by atoms with Crippen LogP contribution >= 0.6 is 0 Å². The summed E-state index contributed by atoms with van der Waals surface area (Å²) in [6.07, 6.45) is 5.48. The van der Waals surface area contributed by atoms with Crippen LogP contribution in [0.15, 0.2) is 23.1 Å². The summed E-state index contributed by atoms with van der Waals surface area (Å²) in [6, 6.07) is 4.17. The number of fused-ring (bicyclic) bond motifs is 1. The van der Waals surface area contributed by atoms with Crippen LogP contribution in [0.25, 0.3) is 22.6 Å². The second kappa shape index (κ2) is 6.37. The molecule has 3 aromatic heterocycles. The molecule has 136 valence electrons. The largest absolute Gasteiger partial charge is 0.423 e. The molecule has 0 radical (unpaired) electrons. The molecule has 0 aliphatic heterocycles. The fraction of sp³-hybridized carbons (Fsp3) is 0.438. The van der Waals surface area contributed by atoms with Crippen LogP contribution in [0, 0.1) is 0 Å². The highest BCUT2D eigenvalue weighted by atomic mass is 16.5. The first-order valence-electron chi connectivity index (χ1n) is 8.52. The Kier molecular flexibility index (Phi) is 4.03. The molecule has 1 saturated carbocycles. The van der Waals surface area contributed by atoms with E-state index >= 15 is 0 Å². The van der Waals surface area contributed by atoms with Crippen molar-refractivity contribution in [2.75, 3.05) is 11.9 Å². The Morgan fingerprint density at radius 1 is 1.27 bits per heavy atom. The number of hydrogen-bond acceptors (Lipinski definition) is 8. The van der Waals surface area contributed by atoms with E-state index in [0.717, 1.165) is 31.5 Å². The fourth-order valence-electron chi connectivity index (χ4n) is 3.36. The van der Waals surface area contributed by atoms with Crippen LogP contribution in [0.4, 0.5) is 5.82 Å². The van der Waals surface area contributed by atoms with Gasteiger partial charge in [0.1, 0.15) is 11.2 Å². The third-order valence-corrected chi connectivity index (χ3v) is 4.98. The van der Waals surface area contributed by atoms with Gasteiger partial charge in [-0.2, -0.15) is 5.10 Å². The molecule has 3 aromatic rings. The summed E-state index contributed by atoms with van der Waals surface area (Å²) in [6.45, 7) is 0. The van der Waals surface area contributed by atoms with Gasteiger partial charge in [0.25, 0.3) is 0 Å². The standard InChI is InChI=1S/C16H20N8O2/c1-23(10-4-2-9(17)3-5-10)13-7-6-11(20-21-13)15-19-12-8-18-22-14(12)16(25)24(15)26/h6-10,26H,2-5,17H2,1H3,(H,18,22). The monoisotopic (exact) mass is 356 g/mol. The number of H-pyrrole nitrogens is 1. The van der Waals surface area contributed by atoms with Crippen LogP contribution in [0.5, 0.6) is 0 Å². The Morgan fingerprint density at radius 2 is 2.04 bits per heavy atom. The maximum Gasteiger partial charge on any atom is 0.312 e. The third kappa shape index (κ3) is 2.77. The molecule has 1 aliphatic rings. The smallest absolute Gasteiger partial charge is 0.312 e.